The molecule has 1 aliphatic heterocycles. The van der Waals surface area contributed by atoms with Gasteiger partial charge in [0.1, 0.15) is 0 Å². The normalized spacial score (nSPS) is 13.0. The molecular weight excluding hydrogens is 851 g/mol. The Kier molecular flexibility index (Phi) is 8.95. The molecule has 3 heterocycles. The number of para-hydroxylation sites is 3. The molecule has 0 saturated carbocycles. The van der Waals surface area contributed by atoms with Crippen LogP contribution in [-0.4, -0.2) is 19.5 Å². The highest BCUT2D eigenvalue weighted by Gasteiger charge is 2.52. The van der Waals surface area contributed by atoms with Crippen molar-refractivity contribution in [3.63, 3.8) is 0 Å². The van der Waals surface area contributed by atoms with E-state index in [1.165, 1.54) is 88.7 Å². The van der Waals surface area contributed by atoms with Crippen LogP contribution >= 0.6 is 0 Å². The second-order valence-corrected chi connectivity index (χ2v) is 18.4. The van der Waals surface area contributed by atoms with E-state index in [0.29, 0.717) is 17.6 Å². The molecule has 2 aliphatic rings. The fourth-order valence-corrected chi connectivity index (χ4v) is 11.4. The summed E-state index contributed by atoms with van der Waals surface area (Å²) in [5.41, 5.74) is 20.2. The van der Waals surface area contributed by atoms with Crippen LogP contribution in [-0.2, 0) is 5.41 Å². The van der Waals surface area contributed by atoms with E-state index >= 15 is 0 Å². The molecule has 0 unspecified atom stereocenters. The molecule has 328 valence electrons. The van der Waals surface area contributed by atoms with Gasteiger partial charge in [0.05, 0.1) is 27.8 Å². The molecule has 0 saturated heterocycles. The number of rotatable bonds is 6. The Morgan fingerprint density at radius 2 is 0.843 bits per heavy atom. The predicted molar refractivity (Wildman–Crippen MR) is 286 cm³/mol. The van der Waals surface area contributed by atoms with Crippen molar-refractivity contribution in [1.29, 1.82) is 0 Å². The van der Waals surface area contributed by atoms with E-state index in [4.69, 9.17) is 15.0 Å². The summed E-state index contributed by atoms with van der Waals surface area (Å²) < 4.78 is 2.38. The summed E-state index contributed by atoms with van der Waals surface area (Å²) in [6.07, 6.45) is 0. The van der Waals surface area contributed by atoms with Crippen LogP contribution in [0.5, 0.6) is 0 Å². The van der Waals surface area contributed by atoms with E-state index in [1.807, 2.05) is 36.4 Å². The number of hydrogen-bond acceptors (Lipinski definition) is 4. The Hall–Kier alpha value is -9.19. The Morgan fingerprint density at radius 1 is 0.343 bits per heavy atom. The van der Waals surface area contributed by atoms with Crippen LogP contribution in [0.2, 0.25) is 0 Å². The van der Waals surface area contributed by atoms with Gasteiger partial charge in [0.2, 0.25) is 5.95 Å². The summed E-state index contributed by atoms with van der Waals surface area (Å²) >= 11 is 0. The molecule has 14 rings (SSSR count). The van der Waals surface area contributed by atoms with Crippen molar-refractivity contribution >= 4 is 39.1 Å². The largest absolute Gasteiger partial charge is 0.309 e. The highest BCUT2D eigenvalue weighted by Crippen LogP contribution is 2.63. The lowest BCUT2D eigenvalue weighted by atomic mass is 9.64. The molecule has 0 N–H and O–H groups in total. The van der Waals surface area contributed by atoms with Gasteiger partial charge in [0, 0.05) is 27.6 Å². The van der Waals surface area contributed by atoms with Crippen LogP contribution < -0.4 is 4.90 Å². The van der Waals surface area contributed by atoms with E-state index in [0.717, 1.165) is 22.5 Å². The molecule has 0 atom stereocenters. The van der Waals surface area contributed by atoms with Crippen molar-refractivity contribution in [3.05, 3.63) is 270 Å². The Bertz CT molecular complexity index is 3900. The van der Waals surface area contributed by atoms with Gasteiger partial charge in [0.15, 0.2) is 11.6 Å². The standard InChI is InChI=1S/C65H43N5/c1-42-28-36-49(37-29-42)69-58-25-13-9-21-52(58)53-40-47(35-39-59(53)69)43-30-32-44(33-31-43)48-34-38-51-50-20-8-10-22-54(50)65(57(51)41-48)55-23-11-14-26-60(55)70(61-27-15-12-24-56(61)65)64-67-62(45-16-4-2-5-17-45)66-63(68-64)46-18-6-3-7-19-46/h2-41H,1H3. The molecular formula is C65H43N5. The van der Waals surface area contributed by atoms with E-state index in [1.54, 1.807) is 0 Å². The third kappa shape index (κ3) is 6.01. The lowest BCUT2D eigenvalue weighted by molar-refractivity contribution is 0.749. The number of benzene rings is 10. The first-order valence-electron chi connectivity index (χ1n) is 23.9. The maximum absolute atomic E-state index is 5.28. The summed E-state index contributed by atoms with van der Waals surface area (Å²) in [6.45, 7) is 2.14. The lowest BCUT2D eigenvalue weighted by Gasteiger charge is -2.44. The van der Waals surface area contributed by atoms with Gasteiger partial charge in [-0.05, 0) is 111 Å². The van der Waals surface area contributed by atoms with Crippen molar-refractivity contribution < 1.29 is 0 Å². The van der Waals surface area contributed by atoms with Crippen LogP contribution in [0.1, 0.15) is 27.8 Å². The van der Waals surface area contributed by atoms with Crippen LogP contribution in [0, 0.1) is 6.92 Å². The summed E-state index contributed by atoms with van der Waals surface area (Å²) in [5.74, 6) is 1.82. The van der Waals surface area contributed by atoms with E-state index in [2.05, 4.69) is 223 Å². The number of aryl methyl sites for hydroxylation is 1. The smallest absolute Gasteiger partial charge is 0.238 e. The number of aromatic nitrogens is 4. The SMILES string of the molecule is Cc1ccc(-n2c3ccccc3c3cc(-c4ccc(-c5ccc6c(c5)C5(c7ccccc7-6)c6ccccc6N(c6nc(-c7ccccc7)nc(-c7ccccc7)n6)c6ccccc65)cc4)ccc32)cc1. The molecule has 0 bridgehead atoms. The second kappa shape index (κ2) is 15.7. The molecule has 12 aromatic rings. The van der Waals surface area contributed by atoms with Crippen LogP contribution in [0.4, 0.5) is 17.3 Å². The fraction of sp³-hybridized carbons (Fsp3) is 0.0308. The molecule has 70 heavy (non-hydrogen) atoms. The van der Waals surface area contributed by atoms with Gasteiger partial charge in [-0.1, -0.05) is 200 Å². The van der Waals surface area contributed by atoms with Crippen molar-refractivity contribution in [1.82, 2.24) is 19.5 Å². The molecule has 5 nitrogen and oxygen atoms in total. The third-order valence-electron chi connectivity index (χ3n) is 14.5. The first kappa shape index (κ1) is 39.9. The number of hydrogen-bond donors (Lipinski definition) is 0. The van der Waals surface area contributed by atoms with E-state index in [9.17, 15) is 0 Å². The minimum atomic E-state index is -0.629. The van der Waals surface area contributed by atoms with Gasteiger partial charge in [-0.15, -0.1) is 0 Å². The number of fused-ring (bicyclic) bond motifs is 12. The Morgan fingerprint density at radius 3 is 1.50 bits per heavy atom. The van der Waals surface area contributed by atoms with Gasteiger partial charge < -0.3 is 4.57 Å². The Labute approximate surface area is 406 Å². The van der Waals surface area contributed by atoms with Crippen molar-refractivity contribution in [2.45, 2.75) is 12.3 Å². The topological polar surface area (TPSA) is 46.8 Å². The maximum Gasteiger partial charge on any atom is 0.238 e. The predicted octanol–water partition coefficient (Wildman–Crippen LogP) is 16.1. The second-order valence-electron chi connectivity index (χ2n) is 18.4. The average Bonchev–Trinajstić information content (AvgIpc) is 3.92. The summed E-state index contributed by atoms with van der Waals surface area (Å²) in [4.78, 5) is 17.9. The van der Waals surface area contributed by atoms with Crippen molar-refractivity contribution in [3.8, 4) is 61.8 Å². The average molecular weight is 894 g/mol. The fourth-order valence-electron chi connectivity index (χ4n) is 11.4. The van der Waals surface area contributed by atoms with Crippen LogP contribution in [0.25, 0.3) is 83.6 Å². The molecule has 1 aliphatic carbocycles. The third-order valence-corrected chi connectivity index (χ3v) is 14.5. The lowest BCUT2D eigenvalue weighted by Crippen LogP contribution is -2.36. The van der Waals surface area contributed by atoms with Crippen molar-refractivity contribution in [2.75, 3.05) is 4.90 Å². The van der Waals surface area contributed by atoms with E-state index in [-0.39, 0.29) is 0 Å². The molecule has 5 heteroatoms. The zero-order valence-electron chi connectivity index (χ0n) is 38.3. The highest BCUT2D eigenvalue weighted by atomic mass is 15.3. The minimum Gasteiger partial charge on any atom is -0.309 e. The van der Waals surface area contributed by atoms with Crippen LogP contribution in [0.3, 0.4) is 0 Å². The maximum atomic E-state index is 5.28. The first-order valence-corrected chi connectivity index (χ1v) is 23.9. The summed E-state index contributed by atoms with van der Waals surface area (Å²) in [6, 6.07) is 87.7. The van der Waals surface area contributed by atoms with Gasteiger partial charge >= 0.3 is 0 Å². The molecule has 10 aromatic carbocycles. The summed E-state index contributed by atoms with van der Waals surface area (Å²) in [5, 5.41) is 2.50. The minimum absolute atomic E-state index is 0.568. The zero-order chi connectivity index (χ0) is 46.3. The summed E-state index contributed by atoms with van der Waals surface area (Å²) in [7, 11) is 0. The molecule has 0 radical (unpaired) electrons. The molecule has 2 aromatic heterocycles. The Balaban J connectivity index is 0.905. The highest BCUT2D eigenvalue weighted by molar-refractivity contribution is 6.10. The quantitative estimate of drug-likeness (QED) is 0.167. The molecule has 0 fully saturated rings. The van der Waals surface area contributed by atoms with Gasteiger partial charge in [-0.2, -0.15) is 9.97 Å². The molecule has 0 amide bonds. The zero-order valence-corrected chi connectivity index (χ0v) is 38.3. The molecule has 1 spiro atoms. The van der Waals surface area contributed by atoms with Crippen molar-refractivity contribution in [2.24, 2.45) is 0 Å². The van der Waals surface area contributed by atoms with Crippen LogP contribution in [0.15, 0.2) is 243 Å². The number of nitrogens with zero attached hydrogens (tertiary/aromatic N) is 5. The first-order chi connectivity index (χ1) is 34.6. The monoisotopic (exact) mass is 893 g/mol. The number of anilines is 3. The van der Waals surface area contributed by atoms with Gasteiger partial charge in [-0.3, -0.25) is 4.90 Å². The van der Waals surface area contributed by atoms with Gasteiger partial charge in [-0.25, -0.2) is 4.98 Å². The van der Waals surface area contributed by atoms with E-state index < -0.39 is 5.41 Å². The van der Waals surface area contributed by atoms with Gasteiger partial charge in [0.25, 0.3) is 0 Å².